The molecule has 1 fully saturated rings. The van der Waals surface area contributed by atoms with Crippen LogP contribution in [-0.4, -0.2) is 36.5 Å². The summed E-state index contributed by atoms with van der Waals surface area (Å²) in [6.45, 7) is 8.97. The average Bonchev–Trinajstić information content (AvgIpc) is 2.82. The normalized spacial score (nSPS) is 23.6. The summed E-state index contributed by atoms with van der Waals surface area (Å²) in [5.41, 5.74) is 0.920. The number of aryl methyl sites for hydroxylation is 1. The highest BCUT2D eigenvalue weighted by Gasteiger charge is 2.30. The largest absolute Gasteiger partial charge is 0.459 e. The predicted octanol–water partition coefficient (Wildman–Crippen LogP) is 2.44. The molecule has 0 aliphatic carbocycles. The minimum Gasteiger partial charge on any atom is -0.459 e. The van der Waals surface area contributed by atoms with Gasteiger partial charge >= 0.3 is 0 Å². The van der Waals surface area contributed by atoms with Crippen molar-refractivity contribution >= 4 is 5.91 Å². The first-order valence-electron chi connectivity index (χ1n) is 7.20. The molecule has 2 atom stereocenters. The fourth-order valence-electron chi connectivity index (χ4n) is 2.70. The molecule has 1 aromatic heterocycles. The van der Waals surface area contributed by atoms with E-state index in [1.54, 1.807) is 6.26 Å². The van der Waals surface area contributed by atoms with Crippen LogP contribution in [0.3, 0.4) is 0 Å². The maximum atomic E-state index is 12.4. The number of likely N-dealkylation sites (tertiary alicyclic amines) is 1. The third kappa shape index (κ3) is 3.18. The number of amides is 1. The Labute approximate surface area is 115 Å². The van der Waals surface area contributed by atoms with Gasteiger partial charge in [-0.25, -0.2) is 0 Å². The van der Waals surface area contributed by atoms with E-state index in [4.69, 9.17) is 4.42 Å². The summed E-state index contributed by atoms with van der Waals surface area (Å²) in [6, 6.07) is 2.37. The number of nitrogens with zero attached hydrogens (tertiary/aromatic N) is 1. The molecule has 4 heteroatoms. The van der Waals surface area contributed by atoms with Crippen LogP contribution < -0.4 is 5.32 Å². The Kier molecular flexibility index (Phi) is 4.64. The Balaban J connectivity index is 1.95. The van der Waals surface area contributed by atoms with E-state index in [1.807, 2.05) is 17.9 Å². The molecule has 1 N–H and O–H groups in total. The number of hydrogen-bond donors (Lipinski definition) is 1. The molecule has 2 rings (SSSR count). The fourth-order valence-corrected chi connectivity index (χ4v) is 2.70. The second-order valence-electron chi connectivity index (χ2n) is 5.51. The number of carbonyl (C=O) groups excluding carboxylic acids is 1. The quantitative estimate of drug-likeness (QED) is 0.908. The van der Waals surface area contributed by atoms with Gasteiger partial charge in [0.2, 0.25) is 0 Å². The monoisotopic (exact) mass is 264 g/mol. The summed E-state index contributed by atoms with van der Waals surface area (Å²) in [4.78, 5) is 14.3. The highest BCUT2D eigenvalue weighted by Crippen LogP contribution is 2.20. The number of carbonyl (C=O) groups is 1. The maximum Gasteiger partial charge on any atom is 0.289 e. The van der Waals surface area contributed by atoms with Crippen molar-refractivity contribution in [2.24, 2.45) is 5.92 Å². The van der Waals surface area contributed by atoms with E-state index < -0.39 is 0 Å². The van der Waals surface area contributed by atoms with E-state index in [0.717, 1.165) is 38.0 Å². The van der Waals surface area contributed by atoms with Gasteiger partial charge in [0.05, 0.1) is 6.26 Å². The molecule has 0 saturated carbocycles. The molecule has 4 nitrogen and oxygen atoms in total. The number of nitrogens with one attached hydrogen (secondary N) is 1. The van der Waals surface area contributed by atoms with Gasteiger partial charge in [-0.3, -0.25) is 4.79 Å². The van der Waals surface area contributed by atoms with Gasteiger partial charge in [0.25, 0.3) is 5.91 Å². The van der Waals surface area contributed by atoms with Crippen LogP contribution in [-0.2, 0) is 0 Å². The second-order valence-corrected chi connectivity index (χ2v) is 5.51. The van der Waals surface area contributed by atoms with Gasteiger partial charge in [0.15, 0.2) is 5.76 Å². The first kappa shape index (κ1) is 14.1. The predicted molar refractivity (Wildman–Crippen MR) is 75.2 cm³/mol. The van der Waals surface area contributed by atoms with E-state index in [2.05, 4.69) is 19.2 Å². The minimum atomic E-state index is 0.0308. The van der Waals surface area contributed by atoms with Crippen LogP contribution in [0.25, 0.3) is 0 Å². The maximum absolute atomic E-state index is 12.4. The van der Waals surface area contributed by atoms with Crippen molar-refractivity contribution in [1.82, 2.24) is 10.2 Å². The van der Waals surface area contributed by atoms with Crippen LogP contribution in [0.15, 0.2) is 16.7 Å². The van der Waals surface area contributed by atoms with Crippen LogP contribution in [0.4, 0.5) is 0 Å². The highest BCUT2D eigenvalue weighted by atomic mass is 16.3. The second kappa shape index (κ2) is 6.24. The highest BCUT2D eigenvalue weighted by molar-refractivity contribution is 5.92. The first-order chi connectivity index (χ1) is 9.13. The zero-order chi connectivity index (χ0) is 13.8. The molecule has 106 valence electrons. The smallest absolute Gasteiger partial charge is 0.289 e. The van der Waals surface area contributed by atoms with Crippen LogP contribution >= 0.6 is 0 Å². The Hall–Kier alpha value is -1.29. The molecule has 2 unspecified atom stereocenters. The van der Waals surface area contributed by atoms with Crippen molar-refractivity contribution in [2.45, 2.75) is 39.7 Å². The zero-order valence-corrected chi connectivity index (χ0v) is 12.1. The Morgan fingerprint density at radius 2 is 2.37 bits per heavy atom. The van der Waals surface area contributed by atoms with Gasteiger partial charge in [-0.1, -0.05) is 13.8 Å². The molecule has 0 bridgehead atoms. The summed E-state index contributed by atoms with van der Waals surface area (Å²) in [5.74, 6) is 1.01. The van der Waals surface area contributed by atoms with Gasteiger partial charge < -0.3 is 14.6 Å². The lowest BCUT2D eigenvalue weighted by Crippen LogP contribution is -2.50. The molecule has 1 aliphatic rings. The van der Waals surface area contributed by atoms with Crippen LogP contribution in [0, 0.1) is 12.8 Å². The van der Waals surface area contributed by atoms with Crippen LogP contribution in [0.1, 0.15) is 42.8 Å². The third-order valence-corrected chi connectivity index (χ3v) is 3.91. The van der Waals surface area contributed by atoms with Crippen molar-refractivity contribution in [3.05, 3.63) is 23.7 Å². The number of furan rings is 1. The molecule has 1 aromatic rings. The molecular formula is C15H24N2O2. The topological polar surface area (TPSA) is 45.5 Å². The van der Waals surface area contributed by atoms with Gasteiger partial charge in [-0.2, -0.15) is 0 Å². The number of hydrogen-bond acceptors (Lipinski definition) is 3. The summed E-state index contributed by atoms with van der Waals surface area (Å²) in [6.07, 6.45) is 3.76. The van der Waals surface area contributed by atoms with Gasteiger partial charge in [0, 0.05) is 24.7 Å². The molecule has 0 radical (unpaired) electrons. The Bertz CT molecular complexity index is 428. The van der Waals surface area contributed by atoms with E-state index >= 15 is 0 Å². The fraction of sp³-hybridized carbons (Fsp3) is 0.667. The van der Waals surface area contributed by atoms with Crippen molar-refractivity contribution < 1.29 is 9.21 Å². The van der Waals surface area contributed by atoms with Crippen molar-refractivity contribution in [3.63, 3.8) is 0 Å². The molecule has 1 saturated heterocycles. The van der Waals surface area contributed by atoms with E-state index in [9.17, 15) is 4.79 Å². The summed E-state index contributed by atoms with van der Waals surface area (Å²) in [5, 5.41) is 3.57. The molecule has 1 aliphatic heterocycles. The van der Waals surface area contributed by atoms with Crippen LogP contribution in [0.2, 0.25) is 0 Å². The summed E-state index contributed by atoms with van der Waals surface area (Å²) < 4.78 is 5.30. The zero-order valence-electron chi connectivity index (χ0n) is 12.1. The molecule has 0 aromatic carbocycles. The SMILES string of the molecule is CCCNC1CCN(C(=O)c2occc2C)CC1C. The molecule has 2 heterocycles. The van der Waals surface area contributed by atoms with E-state index in [0.29, 0.717) is 17.7 Å². The first-order valence-corrected chi connectivity index (χ1v) is 7.20. The van der Waals surface area contributed by atoms with Crippen LogP contribution in [0.5, 0.6) is 0 Å². The van der Waals surface area contributed by atoms with E-state index in [-0.39, 0.29) is 5.91 Å². The number of rotatable bonds is 4. The van der Waals surface area contributed by atoms with Crippen molar-refractivity contribution in [1.29, 1.82) is 0 Å². The minimum absolute atomic E-state index is 0.0308. The lowest BCUT2D eigenvalue weighted by atomic mass is 9.93. The lowest BCUT2D eigenvalue weighted by molar-refractivity contribution is 0.0612. The van der Waals surface area contributed by atoms with Gasteiger partial charge in [-0.05, 0) is 38.3 Å². The Morgan fingerprint density at radius 3 is 2.95 bits per heavy atom. The third-order valence-electron chi connectivity index (χ3n) is 3.91. The number of piperidine rings is 1. The van der Waals surface area contributed by atoms with E-state index in [1.165, 1.54) is 0 Å². The van der Waals surface area contributed by atoms with Gasteiger partial charge in [0.1, 0.15) is 0 Å². The van der Waals surface area contributed by atoms with Crippen molar-refractivity contribution in [3.8, 4) is 0 Å². The average molecular weight is 264 g/mol. The summed E-state index contributed by atoms with van der Waals surface area (Å²) in [7, 11) is 0. The molecular weight excluding hydrogens is 240 g/mol. The van der Waals surface area contributed by atoms with Crippen molar-refractivity contribution in [2.75, 3.05) is 19.6 Å². The lowest BCUT2D eigenvalue weighted by Gasteiger charge is -2.37. The molecule has 19 heavy (non-hydrogen) atoms. The molecule has 1 amide bonds. The Morgan fingerprint density at radius 1 is 1.58 bits per heavy atom. The standard InChI is InChI=1S/C15H24N2O2/c1-4-7-16-13-5-8-17(10-12(13)3)15(18)14-11(2)6-9-19-14/h6,9,12-13,16H,4-5,7-8,10H2,1-3H3. The van der Waals surface area contributed by atoms with Gasteiger partial charge in [-0.15, -0.1) is 0 Å². The summed E-state index contributed by atoms with van der Waals surface area (Å²) >= 11 is 0. The molecule has 0 spiro atoms.